The molecule has 2 aromatic heterocycles. The Morgan fingerprint density at radius 3 is 2.45 bits per heavy atom. The van der Waals surface area contributed by atoms with E-state index in [1.54, 1.807) is 25.1 Å². The van der Waals surface area contributed by atoms with Gasteiger partial charge in [-0.15, -0.1) is 0 Å². The third-order valence-electron chi connectivity index (χ3n) is 5.48. The highest BCUT2D eigenvalue weighted by molar-refractivity contribution is 6.39. The van der Waals surface area contributed by atoms with Gasteiger partial charge in [0, 0.05) is 31.4 Å². The molecule has 3 aromatic rings. The van der Waals surface area contributed by atoms with Crippen LogP contribution in [0.4, 0.5) is 5.82 Å². The van der Waals surface area contributed by atoms with E-state index in [0.29, 0.717) is 39.2 Å². The van der Waals surface area contributed by atoms with Crippen LogP contribution in [0.1, 0.15) is 47.4 Å². The number of amides is 1. The Labute approximate surface area is 191 Å². The van der Waals surface area contributed by atoms with E-state index in [1.807, 2.05) is 18.3 Å². The molecule has 1 saturated heterocycles. The first-order valence-corrected chi connectivity index (χ1v) is 11.2. The molecule has 0 spiro atoms. The molecular formula is C23H24Cl2N4O2. The van der Waals surface area contributed by atoms with Gasteiger partial charge in [0.1, 0.15) is 22.8 Å². The second-order valence-electron chi connectivity index (χ2n) is 7.67. The number of halogens is 2. The third-order valence-corrected chi connectivity index (χ3v) is 6.11. The van der Waals surface area contributed by atoms with Crippen molar-refractivity contribution in [2.45, 2.75) is 39.2 Å². The van der Waals surface area contributed by atoms with Crippen molar-refractivity contribution in [1.29, 1.82) is 0 Å². The average Bonchev–Trinajstić information content (AvgIpc) is 2.97. The van der Waals surface area contributed by atoms with Crippen LogP contribution in [-0.2, 0) is 6.54 Å². The standard InChI is InChI=1S/C23H24Cl2N4O2/c1-15-20(22(28-31-15)21-17(24)7-6-8-18(21)25)23(30)27-14-16-9-10-19(26-13-16)29-11-4-2-3-5-12-29/h6-10,13H,2-5,11-12,14H2,1H3,(H,27,30). The minimum atomic E-state index is -0.304. The largest absolute Gasteiger partial charge is 0.360 e. The first kappa shape index (κ1) is 21.7. The smallest absolute Gasteiger partial charge is 0.257 e. The van der Waals surface area contributed by atoms with E-state index in [0.717, 1.165) is 24.5 Å². The van der Waals surface area contributed by atoms with Crippen LogP contribution < -0.4 is 10.2 Å². The van der Waals surface area contributed by atoms with E-state index < -0.39 is 0 Å². The van der Waals surface area contributed by atoms with Gasteiger partial charge in [-0.25, -0.2) is 4.98 Å². The molecule has 0 radical (unpaired) electrons. The number of aromatic nitrogens is 2. The Balaban J connectivity index is 1.47. The second-order valence-corrected chi connectivity index (χ2v) is 8.48. The Morgan fingerprint density at radius 1 is 1.10 bits per heavy atom. The molecule has 4 rings (SSSR count). The highest BCUT2D eigenvalue weighted by Gasteiger charge is 2.24. The number of benzene rings is 1. The van der Waals surface area contributed by atoms with Gasteiger partial charge in [0.2, 0.25) is 0 Å². The van der Waals surface area contributed by atoms with Crippen LogP contribution in [0.5, 0.6) is 0 Å². The zero-order chi connectivity index (χ0) is 21.8. The monoisotopic (exact) mass is 458 g/mol. The number of rotatable bonds is 5. The van der Waals surface area contributed by atoms with Crippen LogP contribution in [-0.4, -0.2) is 29.1 Å². The van der Waals surface area contributed by atoms with Gasteiger partial charge in [-0.05, 0) is 43.5 Å². The molecule has 6 nitrogen and oxygen atoms in total. The number of aryl methyl sites for hydroxylation is 1. The first-order chi connectivity index (χ1) is 15.0. The lowest BCUT2D eigenvalue weighted by Crippen LogP contribution is -2.25. The third kappa shape index (κ3) is 4.86. The second kappa shape index (κ2) is 9.71. The normalized spacial score (nSPS) is 14.4. The molecule has 3 heterocycles. The summed E-state index contributed by atoms with van der Waals surface area (Å²) < 4.78 is 5.28. The van der Waals surface area contributed by atoms with Gasteiger partial charge in [-0.3, -0.25) is 4.79 Å². The SMILES string of the molecule is Cc1onc(-c2c(Cl)cccc2Cl)c1C(=O)NCc1ccc(N2CCCCCC2)nc1. The van der Waals surface area contributed by atoms with Gasteiger partial charge < -0.3 is 14.7 Å². The van der Waals surface area contributed by atoms with Crippen LogP contribution >= 0.6 is 23.2 Å². The predicted molar refractivity (Wildman–Crippen MR) is 123 cm³/mol. The molecule has 31 heavy (non-hydrogen) atoms. The minimum Gasteiger partial charge on any atom is -0.360 e. The zero-order valence-electron chi connectivity index (χ0n) is 17.3. The zero-order valence-corrected chi connectivity index (χ0v) is 18.8. The molecule has 162 valence electrons. The van der Waals surface area contributed by atoms with Crippen LogP contribution in [0.15, 0.2) is 41.1 Å². The Bertz CT molecular complexity index is 1040. The molecule has 1 aliphatic heterocycles. The van der Waals surface area contributed by atoms with Crippen LogP contribution in [0.25, 0.3) is 11.3 Å². The van der Waals surface area contributed by atoms with Gasteiger partial charge in [0.05, 0.1) is 10.0 Å². The number of pyridine rings is 1. The lowest BCUT2D eigenvalue weighted by atomic mass is 10.1. The van der Waals surface area contributed by atoms with Crippen LogP contribution in [0.2, 0.25) is 10.0 Å². The van der Waals surface area contributed by atoms with Crippen LogP contribution in [0, 0.1) is 6.92 Å². The summed E-state index contributed by atoms with van der Waals surface area (Å²) in [6.45, 7) is 4.12. The van der Waals surface area contributed by atoms with E-state index in [9.17, 15) is 4.79 Å². The van der Waals surface area contributed by atoms with Crippen molar-refractivity contribution in [3.8, 4) is 11.3 Å². The maximum atomic E-state index is 12.9. The Kier molecular flexibility index (Phi) is 6.78. The predicted octanol–water partition coefficient (Wildman–Crippen LogP) is 5.66. The maximum absolute atomic E-state index is 12.9. The molecule has 0 aliphatic carbocycles. The summed E-state index contributed by atoms with van der Waals surface area (Å²) in [5.74, 6) is 1.09. The number of hydrogen-bond donors (Lipinski definition) is 1. The maximum Gasteiger partial charge on any atom is 0.257 e. The number of nitrogens with one attached hydrogen (secondary N) is 1. The van der Waals surface area contributed by atoms with E-state index in [2.05, 4.69) is 20.4 Å². The van der Waals surface area contributed by atoms with E-state index in [4.69, 9.17) is 27.7 Å². The average molecular weight is 459 g/mol. The first-order valence-electron chi connectivity index (χ1n) is 10.4. The number of hydrogen-bond acceptors (Lipinski definition) is 5. The van der Waals surface area contributed by atoms with Crippen molar-refractivity contribution >= 4 is 34.9 Å². The quantitative estimate of drug-likeness (QED) is 0.533. The molecular weight excluding hydrogens is 435 g/mol. The van der Waals surface area contributed by atoms with Gasteiger partial charge in [0.25, 0.3) is 5.91 Å². The number of carbonyl (C=O) groups is 1. The van der Waals surface area contributed by atoms with Crippen molar-refractivity contribution in [2.24, 2.45) is 0 Å². The molecule has 1 aliphatic rings. The van der Waals surface area contributed by atoms with E-state index in [-0.39, 0.29) is 5.91 Å². The summed E-state index contributed by atoms with van der Waals surface area (Å²) in [5, 5.41) is 7.77. The molecule has 1 aromatic carbocycles. The topological polar surface area (TPSA) is 71.3 Å². The summed E-state index contributed by atoms with van der Waals surface area (Å²) in [6, 6.07) is 9.16. The number of nitrogens with zero attached hydrogens (tertiary/aromatic N) is 3. The summed E-state index contributed by atoms with van der Waals surface area (Å²) in [6.07, 6.45) is 6.78. The molecule has 1 N–H and O–H groups in total. The highest BCUT2D eigenvalue weighted by Crippen LogP contribution is 2.36. The molecule has 0 saturated carbocycles. The molecule has 1 fully saturated rings. The summed E-state index contributed by atoms with van der Waals surface area (Å²) >= 11 is 12.6. The molecule has 0 atom stereocenters. The van der Waals surface area contributed by atoms with Crippen LogP contribution in [0.3, 0.4) is 0 Å². The lowest BCUT2D eigenvalue weighted by Gasteiger charge is -2.21. The van der Waals surface area contributed by atoms with Gasteiger partial charge >= 0.3 is 0 Å². The van der Waals surface area contributed by atoms with E-state index in [1.165, 1.54) is 25.7 Å². The fraction of sp³-hybridized carbons (Fsp3) is 0.348. The summed E-state index contributed by atoms with van der Waals surface area (Å²) in [5.41, 5.74) is 2.05. The van der Waals surface area contributed by atoms with Crippen molar-refractivity contribution in [3.63, 3.8) is 0 Å². The lowest BCUT2D eigenvalue weighted by molar-refractivity contribution is 0.0950. The molecule has 0 unspecified atom stereocenters. The Morgan fingerprint density at radius 2 is 1.81 bits per heavy atom. The number of carbonyl (C=O) groups excluding carboxylic acids is 1. The van der Waals surface area contributed by atoms with Crippen molar-refractivity contribution in [1.82, 2.24) is 15.5 Å². The van der Waals surface area contributed by atoms with Crippen molar-refractivity contribution in [2.75, 3.05) is 18.0 Å². The number of anilines is 1. The Hall–Kier alpha value is -2.57. The minimum absolute atomic E-state index is 0.304. The van der Waals surface area contributed by atoms with Gasteiger partial charge in [-0.1, -0.05) is 53.3 Å². The fourth-order valence-electron chi connectivity index (χ4n) is 3.81. The summed E-state index contributed by atoms with van der Waals surface area (Å²) in [7, 11) is 0. The molecule has 8 heteroatoms. The summed E-state index contributed by atoms with van der Waals surface area (Å²) in [4.78, 5) is 19.9. The van der Waals surface area contributed by atoms with E-state index >= 15 is 0 Å². The molecule has 1 amide bonds. The van der Waals surface area contributed by atoms with Gasteiger partial charge in [-0.2, -0.15) is 0 Å². The fourth-order valence-corrected chi connectivity index (χ4v) is 4.39. The van der Waals surface area contributed by atoms with Crippen molar-refractivity contribution in [3.05, 3.63) is 63.5 Å². The van der Waals surface area contributed by atoms with Crippen molar-refractivity contribution < 1.29 is 9.32 Å². The molecule has 0 bridgehead atoms. The highest BCUT2D eigenvalue weighted by atomic mass is 35.5. The van der Waals surface area contributed by atoms with Gasteiger partial charge in [0.15, 0.2) is 0 Å².